The first kappa shape index (κ1) is 27.4. The lowest BCUT2D eigenvalue weighted by molar-refractivity contribution is -0.130. The number of rotatable bonds is 9. The summed E-state index contributed by atoms with van der Waals surface area (Å²) in [5.41, 5.74) is 0.0193. The van der Waals surface area contributed by atoms with Crippen LogP contribution >= 0.6 is 11.6 Å². The number of aromatic nitrogens is 4. The van der Waals surface area contributed by atoms with Crippen LogP contribution in [0.3, 0.4) is 0 Å². The van der Waals surface area contributed by atoms with Crippen LogP contribution < -0.4 is 16.0 Å². The molecular formula is C24H36ClN7O4. The van der Waals surface area contributed by atoms with Gasteiger partial charge in [0.2, 0.25) is 11.8 Å². The normalized spacial score (nSPS) is 13.8. The fourth-order valence-corrected chi connectivity index (χ4v) is 3.53. The molecule has 0 aliphatic heterocycles. The molecule has 1 heterocycles. The summed E-state index contributed by atoms with van der Waals surface area (Å²) in [5.74, 6) is -0.944. The number of nitrogens with zero attached hydrogens (tertiary/aromatic N) is 4. The molecule has 1 aromatic carbocycles. The first-order valence-electron chi connectivity index (χ1n) is 12.3. The summed E-state index contributed by atoms with van der Waals surface area (Å²) in [6, 6.07) is 3.28. The molecule has 0 aliphatic rings. The van der Waals surface area contributed by atoms with Gasteiger partial charge in [-0.05, 0) is 73.2 Å². The van der Waals surface area contributed by atoms with Crippen molar-refractivity contribution in [3.8, 4) is 5.69 Å². The van der Waals surface area contributed by atoms with Gasteiger partial charge in [-0.1, -0.05) is 39.3 Å². The van der Waals surface area contributed by atoms with Crippen molar-refractivity contribution in [3.63, 3.8) is 0 Å². The standard InChI is InChI=1S/C24H36ClN7O4/c1-8-17(28-21(34)18(12-23(2,3)4)29-22(35)36-24(5,6)7)20(33)26-13-15-11-16(25)9-10-19(15)32-14-27-30-31-32/h9-11,14,17-18H,8,12-13H2,1-7H3,(H,26,33)(H,28,34)(H,29,35)/t17-,18-/m0/s1/i2D. The van der Waals surface area contributed by atoms with Crippen molar-refractivity contribution in [2.45, 2.75) is 85.5 Å². The van der Waals surface area contributed by atoms with Crippen LogP contribution in [0.25, 0.3) is 5.69 Å². The lowest BCUT2D eigenvalue weighted by atomic mass is 9.87. The molecule has 198 valence electrons. The Kier molecular flexibility index (Phi) is 9.25. The fourth-order valence-electron chi connectivity index (χ4n) is 3.33. The zero-order chi connectivity index (χ0) is 27.8. The minimum absolute atomic E-state index is 0.0493. The second kappa shape index (κ2) is 12.2. The number of amides is 3. The summed E-state index contributed by atoms with van der Waals surface area (Å²) >= 11 is 6.14. The predicted octanol–water partition coefficient (Wildman–Crippen LogP) is 3.16. The van der Waals surface area contributed by atoms with E-state index in [1.165, 1.54) is 11.0 Å². The molecule has 0 spiro atoms. The number of tetrazole rings is 1. The van der Waals surface area contributed by atoms with E-state index in [0.717, 1.165) is 0 Å². The smallest absolute Gasteiger partial charge is 0.408 e. The highest BCUT2D eigenvalue weighted by molar-refractivity contribution is 6.30. The highest BCUT2D eigenvalue weighted by atomic mass is 35.5. The van der Waals surface area contributed by atoms with Crippen molar-refractivity contribution in [2.24, 2.45) is 5.41 Å². The quantitative estimate of drug-likeness (QED) is 0.459. The number of halogens is 1. The van der Waals surface area contributed by atoms with Crippen LogP contribution in [0.2, 0.25) is 5.02 Å². The van der Waals surface area contributed by atoms with Crippen LogP contribution in [-0.2, 0) is 20.9 Å². The Hall–Kier alpha value is -3.21. The molecule has 0 fully saturated rings. The maximum absolute atomic E-state index is 13.2. The zero-order valence-electron chi connectivity index (χ0n) is 22.6. The number of benzene rings is 1. The Labute approximate surface area is 218 Å². The third-order valence-electron chi connectivity index (χ3n) is 4.90. The van der Waals surface area contributed by atoms with Crippen LogP contribution in [0.15, 0.2) is 24.5 Å². The monoisotopic (exact) mass is 522 g/mol. The molecule has 0 radical (unpaired) electrons. The number of alkyl carbamates (subject to hydrolysis) is 1. The highest BCUT2D eigenvalue weighted by Gasteiger charge is 2.31. The fraction of sp³-hybridized carbons (Fsp3) is 0.583. The van der Waals surface area contributed by atoms with Gasteiger partial charge in [-0.3, -0.25) is 9.59 Å². The van der Waals surface area contributed by atoms with E-state index in [9.17, 15) is 14.4 Å². The molecule has 0 bridgehead atoms. The van der Waals surface area contributed by atoms with E-state index in [1.807, 2.05) is 13.8 Å². The molecular weight excluding hydrogens is 486 g/mol. The van der Waals surface area contributed by atoms with E-state index in [0.29, 0.717) is 22.7 Å². The number of hydrogen-bond donors (Lipinski definition) is 3. The molecule has 2 rings (SSSR count). The van der Waals surface area contributed by atoms with E-state index in [2.05, 4.69) is 31.5 Å². The third kappa shape index (κ3) is 9.44. The summed E-state index contributed by atoms with van der Waals surface area (Å²) < 4.78 is 14.5. The summed E-state index contributed by atoms with van der Waals surface area (Å²) in [6.45, 7) is 10.7. The van der Waals surface area contributed by atoms with E-state index in [1.54, 1.807) is 45.9 Å². The van der Waals surface area contributed by atoms with Gasteiger partial charge in [0.15, 0.2) is 0 Å². The van der Waals surface area contributed by atoms with Crippen molar-refractivity contribution in [1.82, 2.24) is 36.2 Å². The number of hydrogen-bond acceptors (Lipinski definition) is 7. The second-order valence-corrected chi connectivity index (χ2v) is 10.7. The zero-order valence-corrected chi connectivity index (χ0v) is 22.3. The second-order valence-electron chi connectivity index (χ2n) is 10.3. The lowest BCUT2D eigenvalue weighted by Crippen LogP contribution is -2.54. The SMILES string of the molecule is [2H]CC(C)(C)C[C@H](NC(=O)OC(C)(C)C)C(=O)N[C@@H](CC)C(=O)NCc1cc(Cl)ccc1-n1cnnn1. The molecule has 2 aromatic rings. The molecule has 3 N–H and O–H groups in total. The van der Waals surface area contributed by atoms with Gasteiger partial charge in [0.25, 0.3) is 0 Å². The summed E-state index contributed by atoms with van der Waals surface area (Å²) in [4.78, 5) is 38.6. The van der Waals surface area contributed by atoms with Crippen molar-refractivity contribution < 1.29 is 20.5 Å². The van der Waals surface area contributed by atoms with Crippen molar-refractivity contribution in [1.29, 1.82) is 0 Å². The Morgan fingerprint density at radius 2 is 1.86 bits per heavy atom. The van der Waals surface area contributed by atoms with E-state index in [4.69, 9.17) is 17.7 Å². The molecule has 2 atom stereocenters. The number of ether oxygens (including phenoxy) is 1. The van der Waals surface area contributed by atoms with Crippen molar-refractivity contribution >= 4 is 29.5 Å². The molecule has 36 heavy (non-hydrogen) atoms. The first-order chi connectivity index (χ1) is 17.2. The average molecular weight is 523 g/mol. The van der Waals surface area contributed by atoms with Crippen LogP contribution in [0.4, 0.5) is 4.79 Å². The molecule has 0 aliphatic carbocycles. The molecule has 0 unspecified atom stereocenters. The molecule has 3 amide bonds. The number of nitrogens with one attached hydrogen (secondary N) is 3. The minimum Gasteiger partial charge on any atom is -0.444 e. The summed E-state index contributed by atoms with van der Waals surface area (Å²) in [6.07, 6.45) is 1.19. The van der Waals surface area contributed by atoms with Crippen LogP contribution in [-0.4, -0.2) is 55.8 Å². The Morgan fingerprint density at radius 1 is 1.14 bits per heavy atom. The van der Waals surface area contributed by atoms with Crippen LogP contribution in [0.5, 0.6) is 0 Å². The van der Waals surface area contributed by atoms with Gasteiger partial charge in [-0.2, -0.15) is 0 Å². The topological polar surface area (TPSA) is 140 Å². The minimum atomic E-state index is -0.989. The van der Waals surface area contributed by atoms with Gasteiger partial charge in [-0.15, -0.1) is 5.10 Å². The van der Waals surface area contributed by atoms with Gasteiger partial charge in [0, 0.05) is 12.9 Å². The lowest BCUT2D eigenvalue weighted by Gasteiger charge is -2.29. The van der Waals surface area contributed by atoms with Crippen molar-refractivity contribution in [3.05, 3.63) is 35.1 Å². The summed E-state index contributed by atoms with van der Waals surface area (Å²) in [5, 5.41) is 19.8. The van der Waals surface area contributed by atoms with E-state index >= 15 is 0 Å². The van der Waals surface area contributed by atoms with Gasteiger partial charge >= 0.3 is 6.09 Å². The highest BCUT2D eigenvalue weighted by Crippen LogP contribution is 2.22. The molecule has 11 nitrogen and oxygen atoms in total. The van der Waals surface area contributed by atoms with Crippen molar-refractivity contribution in [2.75, 3.05) is 0 Å². The maximum Gasteiger partial charge on any atom is 0.408 e. The average Bonchev–Trinajstić information content (AvgIpc) is 3.33. The van der Waals surface area contributed by atoms with E-state index < -0.39 is 41.0 Å². The van der Waals surface area contributed by atoms with E-state index in [-0.39, 0.29) is 19.9 Å². The third-order valence-corrected chi connectivity index (χ3v) is 5.13. The largest absolute Gasteiger partial charge is 0.444 e. The number of carbonyl (C=O) groups excluding carboxylic acids is 3. The van der Waals surface area contributed by atoms with Gasteiger partial charge in [-0.25, -0.2) is 9.48 Å². The summed E-state index contributed by atoms with van der Waals surface area (Å²) in [7, 11) is 0. The van der Waals surface area contributed by atoms with Crippen LogP contribution in [0.1, 0.15) is 68.2 Å². The molecule has 0 saturated carbocycles. The molecule has 1 aromatic heterocycles. The van der Waals surface area contributed by atoms with Crippen LogP contribution in [0, 0.1) is 5.41 Å². The van der Waals surface area contributed by atoms with Gasteiger partial charge < -0.3 is 20.7 Å². The molecule has 0 saturated heterocycles. The Bertz CT molecular complexity index is 1070. The predicted molar refractivity (Wildman–Crippen MR) is 135 cm³/mol. The van der Waals surface area contributed by atoms with Gasteiger partial charge in [0.1, 0.15) is 24.0 Å². The first-order valence-corrected chi connectivity index (χ1v) is 12.0. The Balaban J connectivity index is 2.11. The Morgan fingerprint density at radius 3 is 2.44 bits per heavy atom. The van der Waals surface area contributed by atoms with Gasteiger partial charge in [0.05, 0.1) is 5.69 Å². The molecule has 12 heteroatoms. The maximum atomic E-state index is 13.2. The number of carbonyl (C=O) groups is 3.